The van der Waals surface area contributed by atoms with Gasteiger partial charge in [-0.3, -0.25) is 4.99 Å². The molecule has 5 heteroatoms. The predicted molar refractivity (Wildman–Crippen MR) is 96.4 cm³/mol. The lowest BCUT2D eigenvalue weighted by Crippen LogP contribution is -2.39. The van der Waals surface area contributed by atoms with Gasteiger partial charge in [-0.05, 0) is 31.9 Å². The Morgan fingerprint density at radius 3 is 2.60 bits per heavy atom. The first-order valence-electron chi connectivity index (χ1n) is 6.98. The first kappa shape index (κ1) is 19.0. The molecule has 2 N–H and O–H groups in total. The molecule has 1 aromatic rings. The van der Waals surface area contributed by atoms with Gasteiger partial charge in [0, 0.05) is 13.1 Å². The van der Waals surface area contributed by atoms with Gasteiger partial charge in [-0.2, -0.15) is 0 Å². The SMILES string of the molecule is CCCN=C(NCC)NCCOc1ccccc1C.I. The van der Waals surface area contributed by atoms with E-state index in [1.165, 1.54) is 0 Å². The zero-order chi connectivity index (χ0) is 13.9. The maximum absolute atomic E-state index is 5.72. The molecule has 4 nitrogen and oxygen atoms in total. The van der Waals surface area contributed by atoms with Gasteiger partial charge >= 0.3 is 0 Å². The van der Waals surface area contributed by atoms with Gasteiger partial charge in [0.2, 0.25) is 0 Å². The molecule has 0 aliphatic heterocycles. The van der Waals surface area contributed by atoms with Gasteiger partial charge in [0.1, 0.15) is 12.4 Å². The molecule has 0 heterocycles. The molecule has 0 spiro atoms. The van der Waals surface area contributed by atoms with Crippen LogP contribution in [0, 0.1) is 6.92 Å². The summed E-state index contributed by atoms with van der Waals surface area (Å²) >= 11 is 0. The zero-order valence-corrected chi connectivity index (χ0v) is 14.9. The molecule has 0 fully saturated rings. The minimum absolute atomic E-state index is 0. The largest absolute Gasteiger partial charge is 0.491 e. The molecule has 0 atom stereocenters. The molecular weight excluding hydrogens is 365 g/mol. The van der Waals surface area contributed by atoms with E-state index in [2.05, 4.69) is 42.5 Å². The van der Waals surface area contributed by atoms with Crippen LogP contribution in [0.1, 0.15) is 25.8 Å². The third-order valence-electron chi connectivity index (χ3n) is 2.58. The Morgan fingerprint density at radius 2 is 1.95 bits per heavy atom. The summed E-state index contributed by atoms with van der Waals surface area (Å²) in [5, 5.41) is 6.47. The van der Waals surface area contributed by atoms with E-state index in [-0.39, 0.29) is 24.0 Å². The van der Waals surface area contributed by atoms with Crippen molar-refractivity contribution in [3.8, 4) is 5.75 Å². The quantitative estimate of drug-likeness (QED) is 0.325. The second-order valence-corrected chi connectivity index (χ2v) is 4.30. The van der Waals surface area contributed by atoms with Crippen molar-refractivity contribution in [2.24, 2.45) is 4.99 Å². The van der Waals surface area contributed by atoms with Crippen LogP contribution < -0.4 is 15.4 Å². The van der Waals surface area contributed by atoms with Gasteiger partial charge in [0.25, 0.3) is 0 Å². The van der Waals surface area contributed by atoms with Crippen molar-refractivity contribution >= 4 is 29.9 Å². The molecule has 1 rings (SSSR count). The molecule has 0 radical (unpaired) electrons. The molecular formula is C15H26IN3O. The molecule has 114 valence electrons. The number of rotatable bonds is 7. The smallest absolute Gasteiger partial charge is 0.191 e. The van der Waals surface area contributed by atoms with Gasteiger partial charge < -0.3 is 15.4 Å². The molecule has 0 saturated heterocycles. The molecule has 0 amide bonds. The summed E-state index contributed by atoms with van der Waals surface area (Å²) in [4.78, 5) is 4.43. The van der Waals surface area contributed by atoms with Crippen LogP contribution in [-0.2, 0) is 0 Å². The molecule has 0 bridgehead atoms. The summed E-state index contributed by atoms with van der Waals surface area (Å²) < 4.78 is 5.72. The van der Waals surface area contributed by atoms with Crippen molar-refractivity contribution in [3.05, 3.63) is 29.8 Å². The van der Waals surface area contributed by atoms with Gasteiger partial charge in [-0.25, -0.2) is 0 Å². The molecule has 1 aromatic carbocycles. The van der Waals surface area contributed by atoms with Crippen LogP contribution in [0.3, 0.4) is 0 Å². The van der Waals surface area contributed by atoms with Crippen molar-refractivity contribution in [1.29, 1.82) is 0 Å². The van der Waals surface area contributed by atoms with E-state index < -0.39 is 0 Å². The Labute approximate surface area is 139 Å². The Morgan fingerprint density at radius 1 is 1.20 bits per heavy atom. The Hall–Kier alpha value is -0.980. The van der Waals surface area contributed by atoms with Crippen LogP contribution >= 0.6 is 24.0 Å². The normalized spacial score (nSPS) is 10.7. The fraction of sp³-hybridized carbons (Fsp3) is 0.533. The average Bonchev–Trinajstić information content (AvgIpc) is 2.42. The lowest BCUT2D eigenvalue weighted by molar-refractivity contribution is 0.320. The third kappa shape index (κ3) is 7.57. The second-order valence-electron chi connectivity index (χ2n) is 4.30. The minimum Gasteiger partial charge on any atom is -0.491 e. The number of benzene rings is 1. The second kappa shape index (κ2) is 11.8. The fourth-order valence-corrected chi connectivity index (χ4v) is 1.61. The highest BCUT2D eigenvalue weighted by molar-refractivity contribution is 14.0. The van der Waals surface area contributed by atoms with Gasteiger partial charge in [0.15, 0.2) is 5.96 Å². The summed E-state index contributed by atoms with van der Waals surface area (Å²) in [6.45, 7) is 9.31. The van der Waals surface area contributed by atoms with Crippen LogP contribution in [0.15, 0.2) is 29.3 Å². The standard InChI is InChI=1S/C15H25N3O.HI/c1-4-10-17-15(16-5-2)18-11-12-19-14-9-7-6-8-13(14)3;/h6-9H,4-5,10-12H2,1-3H3,(H2,16,17,18);1H. The van der Waals surface area contributed by atoms with Crippen LogP contribution in [-0.4, -0.2) is 32.2 Å². The number of guanidine groups is 1. The van der Waals surface area contributed by atoms with Gasteiger partial charge in [-0.15, -0.1) is 24.0 Å². The number of halogens is 1. The average molecular weight is 391 g/mol. The van der Waals surface area contributed by atoms with Crippen molar-refractivity contribution in [3.63, 3.8) is 0 Å². The van der Waals surface area contributed by atoms with Crippen LogP contribution in [0.2, 0.25) is 0 Å². The molecule has 0 aromatic heterocycles. The summed E-state index contributed by atoms with van der Waals surface area (Å²) in [5.41, 5.74) is 1.16. The number of hydrogen-bond donors (Lipinski definition) is 2. The molecule has 0 saturated carbocycles. The maximum Gasteiger partial charge on any atom is 0.191 e. The highest BCUT2D eigenvalue weighted by Crippen LogP contribution is 2.15. The molecule has 0 unspecified atom stereocenters. The van der Waals surface area contributed by atoms with E-state index in [9.17, 15) is 0 Å². The van der Waals surface area contributed by atoms with Crippen molar-refractivity contribution < 1.29 is 4.74 Å². The number of nitrogens with zero attached hydrogens (tertiary/aromatic N) is 1. The lowest BCUT2D eigenvalue weighted by atomic mass is 10.2. The maximum atomic E-state index is 5.72. The number of para-hydroxylation sites is 1. The summed E-state index contributed by atoms with van der Waals surface area (Å²) in [6, 6.07) is 8.05. The van der Waals surface area contributed by atoms with Crippen LogP contribution in [0.4, 0.5) is 0 Å². The molecule has 20 heavy (non-hydrogen) atoms. The molecule has 0 aliphatic rings. The molecule has 0 aliphatic carbocycles. The predicted octanol–water partition coefficient (Wildman–Crippen LogP) is 2.96. The number of nitrogens with one attached hydrogen (secondary N) is 2. The minimum atomic E-state index is 0. The highest BCUT2D eigenvalue weighted by Gasteiger charge is 1.98. The monoisotopic (exact) mass is 391 g/mol. The van der Waals surface area contributed by atoms with E-state index in [0.717, 1.165) is 43.3 Å². The topological polar surface area (TPSA) is 45.7 Å². The zero-order valence-electron chi connectivity index (χ0n) is 12.6. The first-order chi connectivity index (χ1) is 9.27. The van der Waals surface area contributed by atoms with Crippen LogP contribution in [0.5, 0.6) is 5.75 Å². The lowest BCUT2D eigenvalue weighted by Gasteiger charge is -2.12. The summed E-state index contributed by atoms with van der Waals surface area (Å²) in [5.74, 6) is 1.80. The number of hydrogen-bond acceptors (Lipinski definition) is 2. The Kier molecular flexibility index (Phi) is 11.2. The Bertz CT molecular complexity index is 396. The van der Waals surface area contributed by atoms with Crippen molar-refractivity contribution in [2.45, 2.75) is 27.2 Å². The van der Waals surface area contributed by atoms with E-state index >= 15 is 0 Å². The van der Waals surface area contributed by atoms with E-state index in [1.54, 1.807) is 0 Å². The van der Waals surface area contributed by atoms with Crippen molar-refractivity contribution in [1.82, 2.24) is 10.6 Å². The number of aliphatic imine (C=N–C) groups is 1. The summed E-state index contributed by atoms with van der Waals surface area (Å²) in [7, 11) is 0. The van der Waals surface area contributed by atoms with Gasteiger partial charge in [0.05, 0.1) is 6.54 Å². The Balaban J connectivity index is 0.00000361. The van der Waals surface area contributed by atoms with Crippen molar-refractivity contribution in [2.75, 3.05) is 26.2 Å². The first-order valence-corrected chi connectivity index (χ1v) is 6.98. The van der Waals surface area contributed by atoms with Crippen LogP contribution in [0.25, 0.3) is 0 Å². The number of ether oxygens (including phenoxy) is 1. The number of aryl methyl sites for hydroxylation is 1. The summed E-state index contributed by atoms with van der Waals surface area (Å²) in [6.07, 6.45) is 1.05. The van der Waals surface area contributed by atoms with E-state index in [4.69, 9.17) is 4.74 Å². The highest BCUT2D eigenvalue weighted by atomic mass is 127. The third-order valence-corrected chi connectivity index (χ3v) is 2.58. The van der Waals surface area contributed by atoms with E-state index in [1.807, 2.05) is 18.2 Å². The fourth-order valence-electron chi connectivity index (χ4n) is 1.61. The van der Waals surface area contributed by atoms with Gasteiger partial charge in [-0.1, -0.05) is 25.1 Å². The van der Waals surface area contributed by atoms with E-state index in [0.29, 0.717) is 6.61 Å².